The van der Waals surface area contributed by atoms with Crippen LogP contribution in [0, 0.1) is 6.92 Å². The first-order chi connectivity index (χ1) is 16.3. The Hall–Kier alpha value is -3.05. The number of aryl methyl sites for hydroxylation is 1. The van der Waals surface area contributed by atoms with E-state index in [1.165, 1.54) is 11.3 Å². The molecule has 1 aliphatic carbocycles. The average Bonchev–Trinajstić information content (AvgIpc) is 3.58. The van der Waals surface area contributed by atoms with Gasteiger partial charge in [-0.2, -0.15) is 0 Å². The van der Waals surface area contributed by atoms with Gasteiger partial charge in [0.2, 0.25) is 21.8 Å². The molecule has 2 aromatic heterocycles. The number of amides is 1. The molecule has 0 aliphatic heterocycles. The van der Waals surface area contributed by atoms with Crippen molar-refractivity contribution < 1.29 is 17.9 Å². The quantitative estimate of drug-likeness (QED) is 0.423. The standard InChI is InChI=1S/C23H27N5O4S2/c1-4-17(20-13-33-23(27-20)28-34(30,31)16-7-8-16)22(29)26-18-9-6-15(10-14(18)3)19-11-24-12-21(25-19)32-5-2/h6,9-13,16-17H,4-5,7-8H2,1-3H3,(H,26,29)(H,27,28). The highest BCUT2D eigenvalue weighted by atomic mass is 32.2. The van der Waals surface area contributed by atoms with E-state index in [9.17, 15) is 13.2 Å². The van der Waals surface area contributed by atoms with Gasteiger partial charge in [-0.3, -0.25) is 14.5 Å². The van der Waals surface area contributed by atoms with E-state index in [-0.39, 0.29) is 11.2 Å². The fourth-order valence-corrected chi connectivity index (χ4v) is 5.85. The van der Waals surface area contributed by atoms with E-state index < -0.39 is 15.9 Å². The number of sulfonamides is 1. The molecule has 0 bridgehead atoms. The van der Waals surface area contributed by atoms with Gasteiger partial charge in [-0.25, -0.2) is 18.4 Å². The van der Waals surface area contributed by atoms with Gasteiger partial charge in [0.15, 0.2) is 5.13 Å². The maximum atomic E-state index is 13.1. The third-order valence-electron chi connectivity index (χ3n) is 5.48. The number of rotatable bonds is 10. The molecular formula is C23H27N5O4S2. The zero-order valence-corrected chi connectivity index (χ0v) is 20.9. The molecule has 1 saturated carbocycles. The summed E-state index contributed by atoms with van der Waals surface area (Å²) in [6, 6.07) is 5.64. The smallest absolute Gasteiger partial charge is 0.237 e. The van der Waals surface area contributed by atoms with Crippen molar-refractivity contribution in [3.63, 3.8) is 0 Å². The number of anilines is 2. The lowest BCUT2D eigenvalue weighted by Crippen LogP contribution is -2.22. The highest BCUT2D eigenvalue weighted by Gasteiger charge is 2.36. The second kappa shape index (κ2) is 10.1. The minimum Gasteiger partial charge on any atom is -0.477 e. The molecule has 1 fully saturated rings. The molecule has 2 heterocycles. The number of carbonyl (C=O) groups excluding carboxylic acids is 1. The van der Waals surface area contributed by atoms with Crippen molar-refractivity contribution in [2.75, 3.05) is 16.6 Å². The van der Waals surface area contributed by atoms with Crippen LogP contribution in [0.25, 0.3) is 11.3 Å². The lowest BCUT2D eigenvalue weighted by molar-refractivity contribution is -0.117. The first kappa shape index (κ1) is 24.1. The number of benzene rings is 1. The highest BCUT2D eigenvalue weighted by molar-refractivity contribution is 7.93. The summed E-state index contributed by atoms with van der Waals surface area (Å²) in [7, 11) is -3.39. The third-order valence-corrected chi connectivity index (χ3v) is 8.21. The van der Waals surface area contributed by atoms with Gasteiger partial charge in [-0.1, -0.05) is 13.0 Å². The Bertz CT molecular complexity index is 1290. The maximum Gasteiger partial charge on any atom is 0.237 e. The van der Waals surface area contributed by atoms with E-state index in [4.69, 9.17) is 4.74 Å². The predicted molar refractivity (Wildman–Crippen MR) is 133 cm³/mol. The van der Waals surface area contributed by atoms with E-state index in [1.807, 2.05) is 39.0 Å². The van der Waals surface area contributed by atoms with Crippen LogP contribution in [-0.4, -0.2) is 41.1 Å². The zero-order valence-electron chi connectivity index (χ0n) is 19.2. The topological polar surface area (TPSA) is 123 Å². The van der Waals surface area contributed by atoms with Crippen LogP contribution >= 0.6 is 11.3 Å². The van der Waals surface area contributed by atoms with Gasteiger partial charge < -0.3 is 10.1 Å². The SMILES string of the molecule is CCOc1cncc(-c2ccc(NC(=O)C(CC)c3csc(NS(=O)(=O)C4CC4)n3)c(C)c2)n1. The second-order valence-electron chi connectivity index (χ2n) is 8.08. The van der Waals surface area contributed by atoms with E-state index in [0.29, 0.717) is 54.0 Å². The van der Waals surface area contributed by atoms with E-state index in [0.717, 1.165) is 11.1 Å². The number of nitrogens with one attached hydrogen (secondary N) is 2. The summed E-state index contributed by atoms with van der Waals surface area (Å²) in [6.07, 6.45) is 5.12. The van der Waals surface area contributed by atoms with Gasteiger partial charge in [0.25, 0.3) is 0 Å². The number of hydrogen-bond donors (Lipinski definition) is 2. The zero-order chi connectivity index (χ0) is 24.3. The molecule has 1 amide bonds. The lowest BCUT2D eigenvalue weighted by atomic mass is 10.0. The maximum absolute atomic E-state index is 13.1. The van der Waals surface area contributed by atoms with Crippen LogP contribution in [0.3, 0.4) is 0 Å². The summed E-state index contributed by atoms with van der Waals surface area (Å²) in [5, 5.41) is 4.68. The van der Waals surface area contributed by atoms with Gasteiger partial charge in [-0.15, -0.1) is 11.3 Å². The fourth-order valence-electron chi connectivity index (χ4n) is 3.49. The van der Waals surface area contributed by atoms with E-state index in [2.05, 4.69) is 25.0 Å². The van der Waals surface area contributed by atoms with Crippen molar-refractivity contribution in [3.8, 4) is 17.1 Å². The molecule has 4 rings (SSSR count). The van der Waals surface area contributed by atoms with Crippen LogP contribution in [0.4, 0.5) is 10.8 Å². The fraction of sp³-hybridized carbons (Fsp3) is 0.391. The lowest BCUT2D eigenvalue weighted by Gasteiger charge is -2.15. The summed E-state index contributed by atoms with van der Waals surface area (Å²) in [5.74, 6) is -0.232. The van der Waals surface area contributed by atoms with Gasteiger partial charge >= 0.3 is 0 Å². The van der Waals surface area contributed by atoms with Gasteiger partial charge in [0.05, 0.1) is 41.6 Å². The Morgan fingerprint density at radius 1 is 1.24 bits per heavy atom. The summed E-state index contributed by atoms with van der Waals surface area (Å²) in [6.45, 7) is 6.21. The molecule has 0 radical (unpaired) electrons. The predicted octanol–water partition coefficient (Wildman–Crippen LogP) is 4.34. The summed E-state index contributed by atoms with van der Waals surface area (Å²) >= 11 is 1.19. The van der Waals surface area contributed by atoms with Crippen LogP contribution < -0.4 is 14.8 Å². The van der Waals surface area contributed by atoms with E-state index in [1.54, 1.807) is 17.8 Å². The molecule has 0 saturated heterocycles. The molecule has 180 valence electrons. The van der Waals surface area contributed by atoms with E-state index >= 15 is 0 Å². The first-order valence-electron chi connectivity index (χ1n) is 11.1. The van der Waals surface area contributed by atoms with Crippen molar-refractivity contribution in [1.82, 2.24) is 15.0 Å². The first-order valence-corrected chi connectivity index (χ1v) is 13.6. The van der Waals surface area contributed by atoms with Crippen molar-refractivity contribution in [2.24, 2.45) is 0 Å². The second-order valence-corrected chi connectivity index (χ2v) is 10.9. The Morgan fingerprint density at radius 2 is 2.03 bits per heavy atom. The molecule has 34 heavy (non-hydrogen) atoms. The van der Waals surface area contributed by atoms with Crippen molar-refractivity contribution in [3.05, 3.63) is 47.2 Å². The highest BCUT2D eigenvalue weighted by Crippen LogP contribution is 2.32. The summed E-state index contributed by atoms with van der Waals surface area (Å²) in [4.78, 5) is 26.1. The number of hydrogen-bond acceptors (Lipinski definition) is 8. The molecule has 1 atom stereocenters. The number of ether oxygens (including phenoxy) is 1. The summed E-state index contributed by atoms with van der Waals surface area (Å²) in [5.41, 5.74) is 3.66. The molecule has 2 N–H and O–H groups in total. The normalized spacial score (nSPS) is 14.4. The summed E-state index contributed by atoms with van der Waals surface area (Å²) < 4.78 is 32.3. The Balaban J connectivity index is 1.46. The monoisotopic (exact) mass is 501 g/mol. The van der Waals surface area contributed by atoms with Crippen molar-refractivity contribution >= 4 is 38.1 Å². The Kier molecular flexibility index (Phi) is 7.13. The van der Waals surface area contributed by atoms with Crippen LogP contribution in [0.1, 0.15) is 50.3 Å². The van der Waals surface area contributed by atoms with Gasteiger partial charge in [0, 0.05) is 16.6 Å². The molecule has 9 nitrogen and oxygen atoms in total. The van der Waals surface area contributed by atoms with Crippen molar-refractivity contribution in [2.45, 2.75) is 51.2 Å². The molecule has 1 aliphatic rings. The van der Waals surface area contributed by atoms with Crippen molar-refractivity contribution in [1.29, 1.82) is 0 Å². The van der Waals surface area contributed by atoms with Crippen LogP contribution in [0.2, 0.25) is 0 Å². The van der Waals surface area contributed by atoms with Crippen LogP contribution in [0.5, 0.6) is 5.88 Å². The average molecular weight is 502 g/mol. The van der Waals surface area contributed by atoms with Crippen LogP contribution in [0.15, 0.2) is 36.0 Å². The molecule has 3 aromatic rings. The molecular weight excluding hydrogens is 474 g/mol. The number of carbonyl (C=O) groups is 1. The minimum absolute atomic E-state index is 0.196. The number of nitrogens with zero attached hydrogens (tertiary/aromatic N) is 3. The molecule has 1 unspecified atom stereocenters. The number of thiazole rings is 1. The largest absolute Gasteiger partial charge is 0.477 e. The van der Waals surface area contributed by atoms with Gasteiger partial charge in [0.1, 0.15) is 0 Å². The molecule has 0 spiro atoms. The molecule has 1 aromatic carbocycles. The third kappa shape index (κ3) is 5.53. The Morgan fingerprint density at radius 3 is 2.71 bits per heavy atom. The van der Waals surface area contributed by atoms with Crippen LogP contribution in [-0.2, 0) is 14.8 Å². The Labute approximate surface area is 203 Å². The minimum atomic E-state index is -3.39. The number of aromatic nitrogens is 3. The van der Waals surface area contributed by atoms with Gasteiger partial charge in [-0.05, 0) is 50.8 Å². The molecule has 11 heteroatoms.